The van der Waals surface area contributed by atoms with E-state index in [9.17, 15) is 9.59 Å². The first-order valence-corrected chi connectivity index (χ1v) is 5.22. The van der Waals surface area contributed by atoms with Crippen molar-refractivity contribution in [2.24, 2.45) is 11.8 Å². The molecule has 2 atom stereocenters. The van der Waals surface area contributed by atoms with Crippen LogP contribution in [0.25, 0.3) is 0 Å². The van der Waals surface area contributed by atoms with E-state index in [1.165, 1.54) is 7.11 Å². The molecule has 3 nitrogen and oxygen atoms in total. The van der Waals surface area contributed by atoms with Crippen molar-refractivity contribution in [3.05, 3.63) is 0 Å². The van der Waals surface area contributed by atoms with E-state index in [0.717, 1.165) is 12.8 Å². The number of hydrogen-bond donors (Lipinski definition) is 0. The van der Waals surface area contributed by atoms with Crippen molar-refractivity contribution in [3.63, 3.8) is 0 Å². The first-order chi connectivity index (χ1) is 6.61. The molecule has 0 amide bonds. The molecule has 0 spiro atoms. The molecule has 14 heavy (non-hydrogen) atoms. The molecule has 3 heteroatoms. The van der Waals surface area contributed by atoms with Crippen LogP contribution in [0.5, 0.6) is 0 Å². The van der Waals surface area contributed by atoms with Gasteiger partial charge >= 0.3 is 0 Å². The van der Waals surface area contributed by atoms with Gasteiger partial charge in [-0.3, -0.25) is 9.59 Å². The number of carbonyl (C=O) groups excluding carboxylic acids is 2. The lowest BCUT2D eigenvalue weighted by molar-refractivity contribution is -0.139. The van der Waals surface area contributed by atoms with E-state index in [-0.39, 0.29) is 17.5 Å². The third kappa shape index (κ3) is 2.41. The van der Waals surface area contributed by atoms with E-state index in [2.05, 4.69) is 0 Å². The summed E-state index contributed by atoms with van der Waals surface area (Å²) in [6, 6.07) is 0. The maximum Gasteiger partial charge on any atom is 0.171 e. The first kappa shape index (κ1) is 11.4. The van der Waals surface area contributed by atoms with Crippen molar-refractivity contribution in [3.8, 4) is 0 Å². The molecular formula is C11H18O3. The molecule has 0 N–H and O–H groups in total. The summed E-state index contributed by atoms with van der Waals surface area (Å²) in [7, 11) is 1.50. The van der Waals surface area contributed by atoms with Gasteiger partial charge in [-0.2, -0.15) is 0 Å². The lowest BCUT2D eigenvalue weighted by Crippen LogP contribution is -2.33. The normalized spacial score (nSPS) is 20.2. The molecule has 1 aliphatic carbocycles. The van der Waals surface area contributed by atoms with E-state index >= 15 is 0 Å². The fraction of sp³-hybridized carbons (Fsp3) is 0.818. The zero-order valence-electron chi connectivity index (χ0n) is 9.08. The molecule has 0 aromatic carbocycles. The van der Waals surface area contributed by atoms with Crippen molar-refractivity contribution in [1.82, 2.24) is 0 Å². The molecule has 80 valence electrons. The number of carbonyl (C=O) groups is 2. The van der Waals surface area contributed by atoms with Gasteiger partial charge in [0.2, 0.25) is 0 Å². The second kappa shape index (κ2) is 4.69. The van der Waals surface area contributed by atoms with Gasteiger partial charge in [0.05, 0.1) is 5.92 Å². The van der Waals surface area contributed by atoms with Crippen LogP contribution in [0.4, 0.5) is 0 Å². The number of ketones is 2. The van der Waals surface area contributed by atoms with Gasteiger partial charge in [-0.05, 0) is 26.2 Å². The number of Topliss-reactive ketones (excluding diaryl/α,β-unsaturated/α-hetero) is 2. The molecule has 0 aliphatic heterocycles. The maximum atomic E-state index is 11.7. The minimum absolute atomic E-state index is 0.0631. The highest BCUT2D eigenvalue weighted by Gasteiger charge is 2.38. The Hall–Kier alpha value is -0.700. The summed E-state index contributed by atoms with van der Waals surface area (Å²) in [4.78, 5) is 23.5. The summed E-state index contributed by atoms with van der Waals surface area (Å²) in [6.45, 7) is 3.58. The van der Waals surface area contributed by atoms with Gasteiger partial charge in [0.15, 0.2) is 5.78 Å². The fourth-order valence-electron chi connectivity index (χ4n) is 1.59. The minimum atomic E-state index is -0.456. The first-order valence-electron chi connectivity index (χ1n) is 5.22. The largest absolute Gasteiger partial charge is 0.374 e. The van der Waals surface area contributed by atoms with Crippen LogP contribution in [0.3, 0.4) is 0 Å². The highest BCUT2D eigenvalue weighted by atomic mass is 16.5. The van der Waals surface area contributed by atoms with Gasteiger partial charge in [0.25, 0.3) is 0 Å². The predicted molar refractivity (Wildman–Crippen MR) is 53.0 cm³/mol. The molecule has 0 radical (unpaired) electrons. The van der Waals surface area contributed by atoms with Crippen LogP contribution < -0.4 is 0 Å². The molecule has 0 saturated heterocycles. The monoisotopic (exact) mass is 198 g/mol. The summed E-state index contributed by atoms with van der Waals surface area (Å²) in [5, 5.41) is 0. The molecular weight excluding hydrogens is 180 g/mol. The molecule has 1 saturated carbocycles. The standard InChI is InChI=1S/C11H18O3/c1-4-9(10(12)7(2)14-3)11(13)8-5-6-8/h7-9H,4-6H2,1-3H3. The van der Waals surface area contributed by atoms with E-state index in [1.54, 1.807) is 6.92 Å². The zero-order valence-corrected chi connectivity index (χ0v) is 9.08. The zero-order chi connectivity index (χ0) is 10.7. The molecule has 0 heterocycles. The van der Waals surface area contributed by atoms with Gasteiger partial charge < -0.3 is 4.74 Å². The molecule has 2 unspecified atom stereocenters. The van der Waals surface area contributed by atoms with E-state index < -0.39 is 12.0 Å². The van der Waals surface area contributed by atoms with E-state index in [0.29, 0.717) is 6.42 Å². The summed E-state index contributed by atoms with van der Waals surface area (Å²) in [5.41, 5.74) is 0. The number of ether oxygens (including phenoxy) is 1. The Bertz CT molecular complexity index is 231. The second-order valence-corrected chi connectivity index (χ2v) is 3.92. The van der Waals surface area contributed by atoms with Crippen molar-refractivity contribution in [2.45, 2.75) is 39.2 Å². The molecule has 1 rings (SSSR count). The highest BCUT2D eigenvalue weighted by Crippen LogP contribution is 2.33. The third-order valence-corrected chi connectivity index (χ3v) is 2.83. The minimum Gasteiger partial charge on any atom is -0.374 e. The van der Waals surface area contributed by atoms with Crippen molar-refractivity contribution >= 4 is 11.6 Å². The highest BCUT2D eigenvalue weighted by molar-refractivity contribution is 6.05. The van der Waals surface area contributed by atoms with Crippen LogP contribution in [-0.4, -0.2) is 24.8 Å². The maximum absolute atomic E-state index is 11.7. The molecule has 1 fully saturated rings. The van der Waals surface area contributed by atoms with Crippen molar-refractivity contribution in [2.75, 3.05) is 7.11 Å². The Morgan fingerprint density at radius 1 is 1.43 bits per heavy atom. The Balaban J connectivity index is 2.60. The van der Waals surface area contributed by atoms with E-state index in [4.69, 9.17) is 4.74 Å². The van der Waals surface area contributed by atoms with Crippen LogP contribution in [0.2, 0.25) is 0 Å². The molecule has 0 aromatic rings. The summed E-state index contributed by atoms with van der Waals surface area (Å²) in [6.07, 6.45) is 2.07. The molecule has 1 aliphatic rings. The van der Waals surface area contributed by atoms with Gasteiger partial charge in [-0.15, -0.1) is 0 Å². The number of rotatable bonds is 6. The Morgan fingerprint density at radius 2 is 2.00 bits per heavy atom. The number of hydrogen-bond acceptors (Lipinski definition) is 3. The fourth-order valence-corrected chi connectivity index (χ4v) is 1.59. The Kier molecular flexibility index (Phi) is 3.81. The average molecular weight is 198 g/mol. The predicted octanol–water partition coefficient (Wildman–Crippen LogP) is 1.60. The molecule has 0 bridgehead atoms. The van der Waals surface area contributed by atoms with Gasteiger partial charge in [-0.25, -0.2) is 0 Å². The Labute approximate surface area is 84.8 Å². The second-order valence-electron chi connectivity index (χ2n) is 3.92. The van der Waals surface area contributed by atoms with Crippen LogP contribution in [-0.2, 0) is 14.3 Å². The SMILES string of the molecule is CCC(C(=O)C1CC1)C(=O)C(C)OC. The number of methoxy groups -OCH3 is 1. The van der Waals surface area contributed by atoms with Crippen LogP contribution >= 0.6 is 0 Å². The Morgan fingerprint density at radius 3 is 2.36 bits per heavy atom. The smallest absolute Gasteiger partial charge is 0.171 e. The average Bonchev–Trinajstić information content (AvgIpc) is 3.00. The lowest BCUT2D eigenvalue weighted by Gasteiger charge is -2.16. The van der Waals surface area contributed by atoms with Crippen LogP contribution in [0.15, 0.2) is 0 Å². The van der Waals surface area contributed by atoms with Crippen LogP contribution in [0.1, 0.15) is 33.1 Å². The molecule has 0 aromatic heterocycles. The summed E-state index contributed by atoms with van der Waals surface area (Å²) < 4.78 is 4.94. The van der Waals surface area contributed by atoms with Gasteiger partial charge in [-0.1, -0.05) is 6.92 Å². The summed E-state index contributed by atoms with van der Waals surface area (Å²) >= 11 is 0. The van der Waals surface area contributed by atoms with Crippen LogP contribution in [0, 0.1) is 11.8 Å². The topological polar surface area (TPSA) is 43.4 Å². The summed E-state index contributed by atoms with van der Waals surface area (Å²) in [5.74, 6) is -0.210. The van der Waals surface area contributed by atoms with Crippen molar-refractivity contribution < 1.29 is 14.3 Å². The van der Waals surface area contributed by atoms with Crippen molar-refractivity contribution in [1.29, 1.82) is 0 Å². The van der Waals surface area contributed by atoms with Gasteiger partial charge in [0.1, 0.15) is 11.9 Å². The van der Waals surface area contributed by atoms with Gasteiger partial charge in [0, 0.05) is 13.0 Å². The third-order valence-electron chi connectivity index (χ3n) is 2.83. The lowest BCUT2D eigenvalue weighted by atomic mass is 9.91. The van der Waals surface area contributed by atoms with E-state index in [1.807, 2.05) is 6.92 Å². The quantitative estimate of drug-likeness (QED) is 0.609.